The second-order valence-corrected chi connectivity index (χ2v) is 7.87. The van der Waals surface area contributed by atoms with Crippen LogP contribution in [0.4, 0.5) is 5.69 Å². The number of fused-ring (bicyclic) bond motifs is 2. The highest BCUT2D eigenvalue weighted by Gasteiger charge is 2.33. The van der Waals surface area contributed by atoms with Gasteiger partial charge >= 0.3 is 0 Å². The minimum atomic E-state index is -0.316. The van der Waals surface area contributed by atoms with Crippen molar-refractivity contribution in [2.45, 2.75) is 0 Å². The predicted octanol–water partition coefficient (Wildman–Crippen LogP) is 2.33. The SMILES string of the molecule is C=CCN1C(=O)C(=c2sc3nc(-c4cccs4)nn3c2=O)c2ccccc21. The third kappa shape index (κ3) is 2.30. The molecule has 1 aliphatic rings. The van der Waals surface area contributed by atoms with Gasteiger partial charge in [-0.1, -0.05) is 41.7 Å². The fourth-order valence-corrected chi connectivity index (χ4v) is 4.86. The highest BCUT2D eigenvalue weighted by Crippen LogP contribution is 2.35. The molecule has 0 unspecified atom stereocenters. The summed E-state index contributed by atoms with van der Waals surface area (Å²) in [5.74, 6) is 0.326. The lowest BCUT2D eigenvalue weighted by Gasteiger charge is -2.13. The maximum Gasteiger partial charge on any atom is 0.291 e. The number of hydrogen-bond donors (Lipinski definition) is 0. The van der Waals surface area contributed by atoms with Gasteiger partial charge in [-0.25, -0.2) is 0 Å². The summed E-state index contributed by atoms with van der Waals surface area (Å²) in [6.07, 6.45) is 1.67. The molecule has 0 radical (unpaired) electrons. The zero-order valence-corrected chi connectivity index (χ0v) is 15.6. The van der Waals surface area contributed by atoms with Crippen molar-refractivity contribution < 1.29 is 4.79 Å². The molecule has 1 aromatic carbocycles. The van der Waals surface area contributed by atoms with E-state index in [-0.39, 0.29) is 11.5 Å². The first-order valence-corrected chi connectivity index (χ1v) is 9.88. The number of hydrogen-bond acceptors (Lipinski definition) is 6. The standard InChI is InChI=1S/C19H12N4O2S2/c1-2-9-22-12-7-4-3-6-11(12)14(17(22)24)15-18(25)23-19(27-15)20-16(21-23)13-8-5-10-26-13/h2-8,10H,1,9H2. The molecule has 4 aromatic rings. The van der Waals surface area contributed by atoms with Gasteiger partial charge < -0.3 is 4.90 Å². The molecule has 0 spiro atoms. The Labute approximate surface area is 161 Å². The van der Waals surface area contributed by atoms with E-state index in [0.29, 0.717) is 27.4 Å². The molecule has 6 nitrogen and oxygen atoms in total. The largest absolute Gasteiger partial charge is 0.304 e. The zero-order chi connectivity index (χ0) is 18.5. The van der Waals surface area contributed by atoms with E-state index in [1.54, 1.807) is 11.0 Å². The number of amides is 1. The lowest BCUT2D eigenvalue weighted by molar-refractivity contribution is -0.112. The molecule has 0 atom stereocenters. The molecule has 0 bridgehead atoms. The minimum Gasteiger partial charge on any atom is -0.304 e. The lowest BCUT2D eigenvalue weighted by Crippen LogP contribution is -2.32. The van der Waals surface area contributed by atoms with Crippen molar-refractivity contribution in [3.8, 4) is 10.7 Å². The summed E-state index contributed by atoms with van der Waals surface area (Å²) in [5, 5.41) is 6.28. The van der Waals surface area contributed by atoms with Crippen LogP contribution in [0.15, 0.2) is 59.2 Å². The Hall–Kier alpha value is -3.10. The van der Waals surface area contributed by atoms with Crippen molar-refractivity contribution in [2.24, 2.45) is 0 Å². The van der Waals surface area contributed by atoms with E-state index in [0.717, 1.165) is 16.1 Å². The summed E-state index contributed by atoms with van der Waals surface area (Å²) in [6, 6.07) is 11.3. The number of thiophene rings is 1. The van der Waals surface area contributed by atoms with Gasteiger partial charge in [0.15, 0.2) is 5.82 Å². The van der Waals surface area contributed by atoms with Crippen LogP contribution in [-0.4, -0.2) is 27.0 Å². The molecule has 0 saturated carbocycles. The zero-order valence-electron chi connectivity index (χ0n) is 14.0. The number of benzene rings is 1. The first-order chi connectivity index (χ1) is 13.2. The molecule has 0 N–H and O–H groups in total. The Morgan fingerprint density at radius 1 is 1.15 bits per heavy atom. The number of thiazole rings is 1. The van der Waals surface area contributed by atoms with Gasteiger partial charge in [0.1, 0.15) is 4.53 Å². The number of nitrogens with zero attached hydrogens (tertiary/aromatic N) is 4. The summed E-state index contributed by atoms with van der Waals surface area (Å²) >= 11 is 2.71. The van der Waals surface area contributed by atoms with E-state index in [2.05, 4.69) is 16.7 Å². The van der Waals surface area contributed by atoms with E-state index in [4.69, 9.17) is 0 Å². The topological polar surface area (TPSA) is 67.6 Å². The summed E-state index contributed by atoms with van der Waals surface area (Å²) in [7, 11) is 0. The molecule has 132 valence electrons. The monoisotopic (exact) mass is 392 g/mol. The molecule has 0 saturated heterocycles. The molecule has 4 heterocycles. The van der Waals surface area contributed by atoms with E-state index < -0.39 is 0 Å². The number of aromatic nitrogens is 3. The van der Waals surface area contributed by atoms with Crippen LogP contribution in [0, 0.1) is 0 Å². The van der Waals surface area contributed by atoms with Crippen LogP contribution in [-0.2, 0) is 4.79 Å². The molecule has 0 fully saturated rings. The fourth-order valence-electron chi connectivity index (χ4n) is 3.21. The number of carbonyl (C=O) groups excluding carboxylic acids is 1. The molecule has 3 aromatic heterocycles. The van der Waals surface area contributed by atoms with Crippen molar-refractivity contribution in [3.05, 3.63) is 74.9 Å². The average Bonchev–Trinajstić information content (AvgIpc) is 3.42. The van der Waals surface area contributed by atoms with Crippen LogP contribution in [0.3, 0.4) is 0 Å². The van der Waals surface area contributed by atoms with Gasteiger partial charge in [-0.3, -0.25) is 9.59 Å². The number of anilines is 1. The van der Waals surface area contributed by atoms with E-state index in [1.165, 1.54) is 27.2 Å². The Kier molecular flexibility index (Phi) is 3.56. The second-order valence-electron chi connectivity index (χ2n) is 5.94. The van der Waals surface area contributed by atoms with Gasteiger partial charge in [0, 0.05) is 12.1 Å². The van der Waals surface area contributed by atoms with Gasteiger partial charge in [0.2, 0.25) is 4.96 Å². The first-order valence-electron chi connectivity index (χ1n) is 8.19. The number of rotatable bonds is 3. The summed E-state index contributed by atoms with van der Waals surface area (Å²) in [6.45, 7) is 4.11. The maximum absolute atomic E-state index is 13.0. The Bertz CT molecular complexity index is 1320. The molecule has 1 amide bonds. The summed E-state index contributed by atoms with van der Waals surface area (Å²) < 4.78 is 1.65. The van der Waals surface area contributed by atoms with E-state index >= 15 is 0 Å². The Morgan fingerprint density at radius 2 is 2.00 bits per heavy atom. The van der Waals surface area contributed by atoms with Crippen LogP contribution in [0.25, 0.3) is 21.2 Å². The minimum absolute atomic E-state index is 0.198. The van der Waals surface area contributed by atoms with E-state index in [9.17, 15) is 9.59 Å². The second kappa shape index (κ2) is 5.97. The van der Waals surface area contributed by atoms with E-state index in [1.807, 2.05) is 41.8 Å². The van der Waals surface area contributed by atoms with Gasteiger partial charge in [0.25, 0.3) is 11.5 Å². The highest BCUT2D eigenvalue weighted by atomic mass is 32.1. The van der Waals surface area contributed by atoms with Gasteiger partial charge in [0.05, 0.1) is 16.1 Å². The molecule has 8 heteroatoms. The van der Waals surface area contributed by atoms with Gasteiger partial charge in [-0.15, -0.1) is 23.0 Å². The van der Waals surface area contributed by atoms with Crippen molar-refractivity contribution in [1.29, 1.82) is 0 Å². The fraction of sp³-hybridized carbons (Fsp3) is 0.0526. The summed E-state index contributed by atoms with van der Waals surface area (Å²) in [5.41, 5.74) is 1.64. The average molecular weight is 392 g/mol. The first kappa shape index (κ1) is 16.1. The van der Waals surface area contributed by atoms with Crippen LogP contribution < -0.4 is 15.0 Å². The third-order valence-electron chi connectivity index (χ3n) is 4.36. The van der Waals surface area contributed by atoms with Crippen molar-refractivity contribution >= 4 is 44.8 Å². The predicted molar refractivity (Wildman–Crippen MR) is 107 cm³/mol. The third-order valence-corrected chi connectivity index (χ3v) is 6.26. The van der Waals surface area contributed by atoms with Crippen LogP contribution in [0.1, 0.15) is 5.56 Å². The summed E-state index contributed by atoms with van der Waals surface area (Å²) in [4.78, 5) is 33.5. The normalized spacial score (nSPS) is 15.6. The quantitative estimate of drug-likeness (QED) is 0.502. The van der Waals surface area contributed by atoms with Crippen LogP contribution in [0.2, 0.25) is 0 Å². The van der Waals surface area contributed by atoms with Crippen molar-refractivity contribution in [2.75, 3.05) is 11.4 Å². The molecular formula is C19H12N4O2S2. The lowest BCUT2D eigenvalue weighted by atomic mass is 10.1. The molecular weight excluding hydrogens is 380 g/mol. The molecule has 0 aliphatic carbocycles. The van der Waals surface area contributed by atoms with Gasteiger partial charge in [-0.2, -0.15) is 9.50 Å². The Balaban J connectivity index is 1.77. The maximum atomic E-state index is 13.0. The van der Waals surface area contributed by atoms with Crippen LogP contribution in [0.5, 0.6) is 0 Å². The molecule has 27 heavy (non-hydrogen) atoms. The highest BCUT2D eigenvalue weighted by molar-refractivity contribution is 7.15. The van der Waals surface area contributed by atoms with Crippen molar-refractivity contribution in [1.82, 2.24) is 14.6 Å². The van der Waals surface area contributed by atoms with Gasteiger partial charge in [-0.05, 0) is 17.5 Å². The van der Waals surface area contributed by atoms with Crippen molar-refractivity contribution in [3.63, 3.8) is 0 Å². The molecule has 5 rings (SSSR count). The van der Waals surface area contributed by atoms with Crippen LogP contribution >= 0.6 is 22.7 Å². The number of carbonyl (C=O) groups is 1. The Morgan fingerprint density at radius 3 is 2.74 bits per heavy atom. The number of para-hydroxylation sites is 1. The smallest absolute Gasteiger partial charge is 0.291 e. The molecule has 1 aliphatic heterocycles.